The minimum atomic E-state index is 0.0974. The van der Waals surface area contributed by atoms with Crippen molar-refractivity contribution in [2.75, 3.05) is 13.2 Å². The third-order valence-electron chi connectivity index (χ3n) is 2.38. The van der Waals surface area contributed by atoms with Crippen molar-refractivity contribution in [1.29, 1.82) is 0 Å². The van der Waals surface area contributed by atoms with E-state index >= 15 is 0 Å². The minimum Gasteiger partial charge on any atom is -0.508 e. The first-order valence-electron chi connectivity index (χ1n) is 4.37. The average Bonchev–Trinajstić information content (AvgIpc) is 2.56. The zero-order chi connectivity index (χ0) is 9.26. The summed E-state index contributed by atoms with van der Waals surface area (Å²) in [5, 5.41) is 18.6. The largest absolute Gasteiger partial charge is 0.508 e. The molecule has 2 rings (SSSR count). The fourth-order valence-corrected chi connectivity index (χ4v) is 1.66. The van der Waals surface area contributed by atoms with Gasteiger partial charge in [0.15, 0.2) is 0 Å². The van der Waals surface area contributed by atoms with Crippen LogP contribution in [0.15, 0.2) is 18.2 Å². The number of hydrogen-bond acceptors (Lipinski definition) is 3. The second-order valence-electron chi connectivity index (χ2n) is 3.30. The Morgan fingerprint density at radius 1 is 1.31 bits per heavy atom. The number of aromatic hydroxyl groups is 2. The molecule has 0 aromatic heterocycles. The number of hydrogen-bond donors (Lipinski definition) is 2. The van der Waals surface area contributed by atoms with E-state index in [1.165, 1.54) is 6.07 Å². The quantitative estimate of drug-likeness (QED) is 0.690. The lowest BCUT2D eigenvalue weighted by molar-refractivity contribution is 0.193. The van der Waals surface area contributed by atoms with Gasteiger partial charge in [-0.1, -0.05) is 6.07 Å². The molecule has 1 heterocycles. The van der Waals surface area contributed by atoms with Crippen LogP contribution in [0, 0.1) is 0 Å². The number of phenolic OH excluding ortho intramolecular Hbond substituents is 2. The van der Waals surface area contributed by atoms with Gasteiger partial charge in [-0.15, -0.1) is 0 Å². The smallest absolute Gasteiger partial charge is 0.122 e. The Balaban J connectivity index is 2.29. The van der Waals surface area contributed by atoms with Crippen LogP contribution in [-0.2, 0) is 4.74 Å². The van der Waals surface area contributed by atoms with Crippen molar-refractivity contribution >= 4 is 0 Å². The summed E-state index contributed by atoms with van der Waals surface area (Å²) in [5.74, 6) is 0.538. The zero-order valence-electron chi connectivity index (χ0n) is 7.23. The van der Waals surface area contributed by atoms with Crippen LogP contribution in [0.4, 0.5) is 0 Å². The second-order valence-corrected chi connectivity index (χ2v) is 3.30. The van der Waals surface area contributed by atoms with Crippen molar-refractivity contribution < 1.29 is 14.9 Å². The Hall–Kier alpha value is -1.22. The highest BCUT2D eigenvalue weighted by molar-refractivity contribution is 5.41. The Labute approximate surface area is 76.6 Å². The first-order chi connectivity index (χ1) is 6.27. The predicted molar refractivity (Wildman–Crippen MR) is 47.9 cm³/mol. The minimum absolute atomic E-state index is 0.0974. The summed E-state index contributed by atoms with van der Waals surface area (Å²) in [6.45, 7) is 1.42. The Morgan fingerprint density at radius 2 is 2.15 bits per heavy atom. The SMILES string of the molecule is Oc1ccc([C@@H]2CCOC2)c(O)c1. The van der Waals surface area contributed by atoms with E-state index in [-0.39, 0.29) is 17.4 Å². The van der Waals surface area contributed by atoms with E-state index in [2.05, 4.69) is 0 Å². The lowest BCUT2D eigenvalue weighted by Gasteiger charge is -2.09. The van der Waals surface area contributed by atoms with Gasteiger partial charge in [-0.25, -0.2) is 0 Å². The molecule has 1 aliphatic heterocycles. The van der Waals surface area contributed by atoms with Gasteiger partial charge in [-0.05, 0) is 18.1 Å². The van der Waals surface area contributed by atoms with E-state index in [9.17, 15) is 5.11 Å². The van der Waals surface area contributed by atoms with Gasteiger partial charge in [0.25, 0.3) is 0 Å². The first-order valence-corrected chi connectivity index (χ1v) is 4.37. The number of phenols is 2. The van der Waals surface area contributed by atoms with E-state index in [4.69, 9.17) is 9.84 Å². The third-order valence-corrected chi connectivity index (χ3v) is 2.38. The summed E-state index contributed by atoms with van der Waals surface area (Å²) < 4.78 is 5.22. The molecule has 0 unspecified atom stereocenters. The molecular formula is C10H12O3. The maximum absolute atomic E-state index is 9.54. The predicted octanol–water partition coefficient (Wildman–Crippen LogP) is 1.60. The molecule has 0 saturated carbocycles. The maximum Gasteiger partial charge on any atom is 0.122 e. The van der Waals surface area contributed by atoms with Gasteiger partial charge < -0.3 is 14.9 Å². The van der Waals surface area contributed by atoms with Gasteiger partial charge >= 0.3 is 0 Å². The number of rotatable bonds is 1. The number of benzene rings is 1. The topological polar surface area (TPSA) is 49.7 Å². The standard InChI is InChI=1S/C10H12O3/c11-8-1-2-9(10(12)5-8)7-3-4-13-6-7/h1-2,5,7,11-12H,3-4,6H2/t7-/m1/s1. The third kappa shape index (κ3) is 1.60. The maximum atomic E-state index is 9.54. The van der Waals surface area contributed by atoms with Crippen molar-refractivity contribution in [2.24, 2.45) is 0 Å². The summed E-state index contributed by atoms with van der Waals surface area (Å²) in [4.78, 5) is 0. The van der Waals surface area contributed by atoms with Gasteiger partial charge in [0, 0.05) is 18.6 Å². The van der Waals surface area contributed by atoms with Crippen LogP contribution in [0.5, 0.6) is 11.5 Å². The highest BCUT2D eigenvalue weighted by atomic mass is 16.5. The van der Waals surface area contributed by atoms with Gasteiger partial charge in [-0.3, -0.25) is 0 Å². The molecule has 1 aromatic rings. The number of ether oxygens (including phenoxy) is 1. The molecule has 1 atom stereocenters. The highest BCUT2D eigenvalue weighted by Crippen LogP contribution is 2.33. The van der Waals surface area contributed by atoms with E-state index in [0.717, 1.165) is 18.6 Å². The van der Waals surface area contributed by atoms with Crippen molar-refractivity contribution in [3.05, 3.63) is 23.8 Å². The molecular weight excluding hydrogens is 168 g/mol. The molecule has 1 saturated heterocycles. The fraction of sp³-hybridized carbons (Fsp3) is 0.400. The molecule has 13 heavy (non-hydrogen) atoms. The Kier molecular flexibility index (Phi) is 2.10. The van der Waals surface area contributed by atoms with Crippen LogP contribution in [-0.4, -0.2) is 23.4 Å². The first kappa shape index (κ1) is 8.38. The fourth-order valence-electron chi connectivity index (χ4n) is 1.66. The van der Waals surface area contributed by atoms with Gasteiger partial charge in [0.1, 0.15) is 11.5 Å². The van der Waals surface area contributed by atoms with E-state index in [0.29, 0.717) is 6.61 Å². The monoisotopic (exact) mass is 180 g/mol. The molecule has 2 N–H and O–H groups in total. The van der Waals surface area contributed by atoms with Crippen LogP contribution in [0.1, 0.15) is 17.9 Å². The van der Waals surface area contributed by atoms with Crippen LogP contribution < -0.4 is 0 Å². The lowest BCUT2D eigenvalue weighted by Crippen LogP contribution is -1.97. The summed E-state index contributed by atoms with van der Waals surface area (Å²) in [7, 11) is 0. The Bertz CT molecular complexity index is 303. The van der Waals surface area contributed by atoms with Gasteiger partial charge in [0.2, 0.25) is 0 Å². The van der Waals surface area contributed by atoms with Crippen molar-refractivity contribution in [3.8, 4) is 11.5 Å². The molecule has 3 heteroatoms. The van der Waals surface area contributed by atoms with Crippen LogP contribution >= 0.6 is 0 Å². The van der Waals surface area contributed by atoms with Crippen molar-refractivity contribution in [2.45, 2.75) is 12.3 Å². The van der Waals surface area contributed by atoms with Crippen molar-refractivity contribution in [3.63, 3.8) is 0 Å². The molecule has 0 radical (unpaired) electrons. The average molecular weight is 180 g/mol. The molecule has 0 bridgehead atoms. The molecule has 1 aromatic carbocycles. The van der Waals surface area contributed by atoms with E-state index in [1.54, 1.807) is 12.1 Å². The summed E-state index contributed by atoms with van der Waals surface area (Å²) in [5.41, 5.74) is 0.871. The van der Waals surface area contributed by atoms with Crippen molar-refractivity contribution in [1.82, 2.24) is 0 Å². The molecule has 0 spiro atoms. The summed E-state index contributed by atoms with van der Waals surface area (Å²) >= 11 is 0. The lowest BCUT2D eigenvalue weighted by atomic mass is 9.97. The normalized spacial score (nSPS) is 22.0. The summed E-state index contributed by atoms with van der Waals surface area (Å²) in [6.07, 6.45) is 0.943. The van der Waals surface area contributed by atoms with Gasteiger partial charge in [-0.2, -0.15) is 0 Å². The highest BCUT2D eigenvalue weighted by Gasteiger charge is 2.20. The van der Waals surface area contributed by atoms with Crippen LogP contribution in [0.25, 0.3) is 0 Å². The van der Waals surface area contributed by atoms with E-state index in [1.807, 2.05) is 0 Å². The van der Waals surface area contributed by atoms with Crippen LogP contribution in [0.2, 0.25) is 0 Å². The second kappa shape index (κ2) is 3.26. The van der Waals surface area contributed by atoms with Crippen LogP contribution in [0.3, 0.4) is 0 Å². The molecule has 70 valence electrons. The molecule has 0 aliphatic carbocycles. The molecule has 1 aliphatic rings. The van der Waals surface area contributed by atoms with Gasteiger partial charge in [0.05, 0.1) is 6.61 Å². The van der Waals surface area contributed by atoms with E-state index < -0.39 is 0 Å². The summed E-state index contributed by atoms with van der Waals surface area (Å²) in [6, 6.07) is 4.71. The molecule has 1 fully saturated rings. The molecule has 0 amide bonds. The molecule has 3 nitrogen and oxygen atoms in total. The Morgan fingerprint density at radius 3 is 2.77 bits per heavy atom. The zero-order valence-corrected chi connectivity index (χ0v) is 7.23.